The Hall–Kier alpha value is -0.940. The predicted molar refractivity (Wildman–Crippen MR) is 75.0 cm³/mol. The van der Waals surface area contributed by atoms with Crippen LogP contribution in [0.5, 0.6) is 0 Å². The molecule has 1 atom stereocenters. The maximum atomic E-state index is 4.40. The van der Waals surface area contributed by atoms with Crippen LogP contribution in [0.25, 0.3) is 0 Å². The quantitative estimate of drug-likeness (QED) is 0.818. The molecule has 3 rings (SSSR count). The molecule has 0 N–H and O–H groups in total. The van der Waals surface area contributed by atoms with Gasteiger partial charge in [-0.2, -0.15) is 0 Å². The summed E-state index contributed by atoms with van der Waals surface area (Å²) in [6.07, 6.45) is 5.18. The average molecular weight is 263 g/mol. The van der Waals surface area contributed by atoms with Crippen molar-refractivity contribution in [1.29, 1.82) is 0 Å². The largest absolute Gasteiger partial charge is 0.317 e. The number of rotatable bonds is 4. The molecule has 0 amide bonds. The molecule has 106 valence electrons. The second kappa shape index (κ2) is 5.21. The van der Waals surface area contributed by atoms with Crippen LogP contribution >= 0.6 is 0 Å². The van der Waals surface area contributed by atoms with E-state index >= 15 is 0 Å². The highest BCUT2D eigenvalue weighted by Gasteiger charge is 2.30. The third kappa shape index (κ3) is 2.82. The number of likely N-dealkylation sites (N-methyl/N-ethyl adjacent to an activating group) is 1. The van der Waals surface area contributed by atoms with E-state index in [1.165, 1.54) is 38.1 Å². The zero-order valence-electron chi connectivity index (χ0n) is 12.3. The minimum absolute atomic E-state index is 0.683. The molecule has 1 aliphatic heterocycles. The Labute approximate surface area is 115 Å². The van der Waals surface area contributed by atoms with Gasteiger partial charge in [-0.3, -0.25) is 4.90 Å². The van der Waals surface area contributed by atoms with Gasteiger partial charge in [-0.15, -0.1) is 10.2 Å². The minimum Gasteiger partial charge on any atom is -0.317 e. The normalized spacial score (nSPS) is 25.2. The standard InChI is InChI=1S/C14H25N5/c1-17(2)12-5-4-8-19(9-12)10-13-15-16-14(18(13)3)11-6-7-11/h11-12H,4-10H2,1-3H3. The van der Waals surface area contributed by atoms with E-state index in [1.807, 2.05) is 0 Å². The van der Waals surface area contributed by atoms with Gasteiger partial charge >= 0.3 is 0 Å². The van der Waals surface area contributed by atoms with Gasteiger partial charge in [0.15, 0.2) is 0 Å². The Kier molecular flexibility index (Phi) is 3.58. The Balaban J connectivity index is 1.64. The second-order valence-electron chi connectivity index (χ2n) is 6.30. The SMILES string of the molecule is CN(C)C1CCCN(Cc2nnc(C3CC3)n2C)C1. The summed E-state index contributed by atoms with van der Waals surface area (Å²) in [4.78, 5) is 4.87. The Morgan fingerprint density at radius 2 is 2.00 bits per heavy atom. The van der Waals surface area contributed by atoms with Crippen molar-refractivity contribution in [2.24, 2.45) is 7.05 Å². The lowest BCUT2D eigenvalue weighted by Crippen LogP contribution is -2.44. The highest BCUT2D eigenvalue weighted by Crippen LogP contribution is 2.38. The molecule has 1 unspecified atom stereocenters. The lowest BCUT2D eigenvalue weighted by Gasteiger charge is -2.35. The molecule has 1 aromatic rings. The Morgan fingerprint density at radius 3 is 2.68 bits per heavy atom. The fraction of sp³-hybridized carbons (Fsp3) is 0.857. The van der Waals surface area contributed by atoms with Crippen LogP contribution in [0, 0.1) is 0 Å². The molecular weight excluding hydrogens is 238 g/mol. The number of aromatic nitrogens is 3. The molecule has 0 spiro atoms. The highest BCUT2D eigenvalue weighted by atomic mass is 15.3. The van der Waals surface area contributed by atoms with Crippen molar-refractivity contribution in [3.63, 3.8) is 0 Å². The van der Waals surface area contributed by atoms with Crippen molar-refractivity contribution in [3.8, 4) is 0 Å². The average Bonchev–Trinajstić information content (AvgIpc) is 3.17. The van der Waals surface area contributed by atoms with Gasteiger partial charge in [0.05, 0.1) is 6.54 Å². The molecule has 1 saturated heterocycles. The first-order valence-corrected chi connectivity index (χ1v) is 7.42. The molecule has 2 heterocycles. The van der Waals surface area contributed by atoms with E-state index in [0.717, 1.165) is 18.9 Å². The monoisotopic (exact) mass is 263 g/mol. The fourth-order valence-corrected chi connectivity index (χ4v) is 3.01. The maximum Gasteiger partial charge on any atom is 0.146 e. The molecule has 0 bridgehead atoms. The zero-order chi connectivity index (χ0) is 13.4. The molecular formula is C14H25N5. The van der Waals surface area contributed by atoms with E-state index in [4.69, 9.17) is 0 Å². The molecule has 2 fully saturated rings. The van der Waals surface area contributed by atoms with E-state index in [2.05, 4.69) is 45.7 Å². The molecule has 1 aliphatic carbocycles. The number of nitrogens with zero attached hydrogens (tertiary/aromatic N) is 5. The summed E-state index contributed by atoms with van der Waals surface area (Å²) >= 11 is 0. The topological polar surface area (TPSA) is 37.2 Å². The van der Waals surface area contributed by atoms with Crippen molar-refractivity contribution in [3.05, 3.63) is 11.6 Å². The number of piperidine rings is 1. The van der Waals surface area contributed by atoms with Crippen molar-refractivity contribution in [2.75, 3.05) is 27.2 Å². The van der Waals surface area contributed by atoms with E-state index < -0.39 is 0 Å². The molecule has 0 aromatic carbocycles. The summed E-state index contributed by atoms with van der Waals surface area (Å²) in [5, 5.41) is 8.77. The third-order valence-electron chi connectivity index (χ3n) is 4.52. The van der Waals surface area contributed by atoms with Crippen molar-refractivity contribution in [1.82, 2.24) is 24.6 Å². The minimum atomic E-state index is 0.683. The van der Waals surface area contributed by atoms with Gasteiger partial charge in [-0.25, -0.2) is 0 Å². The molecule has 5 nitrogen and oxygen atoms in total. The number of hydrogen-bond donors (Lipinski definition) is 0. The van der Waals surface area contributed by atoms with E-state index in [-0.39, 0.29) is 0 Å². The summed E-state index contributed by atoms with van der Waals surface area (Å²) in [6.45, 7) is 3.29. The Morgan fingerprint density at radius 1 is 1.21 bits per heavy atom. The number of likely N-dealkylation sites (tertiary alicyclic amines) is 1. The molecule has 1 aromatic heterocycles. The van der Waals surface area contributed by atoms with Crippen LogP contribution in [0.1, 0.15) is 43.3 Å². The van der Waals surface area contributed by atoms with Crippen LogP contribution in [0.4, 0.5) is 0 Å². The van der Waals surface area contributed by atoms with Crippen LogP contribution < -0.4 is 0 Å². The van der Waals surface area contributed by atoms with Crippen LogP contribution in [-0.4, -0.2) is 57.8 Å². The van der Waals surface area contributed by atoms with Crippen LogP contribution in [0.2, 0.25) is 0 Å². The molecule has 1 saturated carbocycles. The van der Waals surface area contributed by atoms with Crippen molar-refractivity contribution < 1.29 is 0 Å². The second-order valence-corrected chi connectivity index (χ2v) is 6.30. The van der Waals surface area contributed by atoms with Gasteiger partial charge in [-0.05, 0) is 46.3 Å². The van der Waals surface area contributed by atoms with Crippen molar-refractivity contribution in [2.45, 2.75) is 44.2 Å². The lowest BCUT2D eigenvalue weighted by molar-refractivity contribution is 0.124. The summed E-state index contributed by atoms with van der Waals surface area (Å²) < 4.78 is 2.22. The first-order chi connectivity index (χ1) is 9.15. The van der Waals surface area contributed by atoms with Crippen LogP contribution in [0.15, 0.2) is 0 Å². The summed E-state index contributed by atoms with van der Waals surface area (Å²) in [5.74, 6) is 3.00. The zero-order valence-corrected chi connectivity index (χ0v) is 12.3. The van der Waals surface area contributed by atoms with E-state index in [0.29, 0.717) is 12.0 Å². The van der Waals surface area contributed by atoms with Crippen LogP contribution in [-0.2, 0) is 13.6 Å². The molecule has 5 heteroatoms. The molecule has 0 radical (unpaired) electrons. The first kappa shape index (κ1) is 13.1. The Bertz CT molecular complexity index is 435. The highest BCUT2D eigenvalue weighted by molar-refractivity contribution is 5.07. The summed E-state index contributed by atoms with van der Waals surface area (Å²) in [6, 6.07) is 0.685. The van der Waals surface area contributed by atoms with Crippen LogP contribution in [0.3, 0.4) is 0 Å². The number of hydrogen-bond acceptors (Lipinski definition) is 4. The van der Waals surface area contributed by atoms with Gasteiger partial charge in [0.25, 0.3) is 0 Å². The van der Waals surface area contributed by atoms with Crippen molar-refractivity contribution >= 4 is 0 Å². The summed E-state index contributed by atoms with van der Waals surface area (Å²) in [5.41, 5.74) is 0. The fourth-order valence-electron chi connectivity index (χ4n) is 3.01. The van der Waals surface area contributed by atoms with Gasteiger partial charge < -0.3 is 9.47 Å². The summed E-state index contributed by atoms with van der Waals surface area (Å²) in [7, 11) is 6.49. The smallest absolute Gasteiger partial charge is 0.146 e. The lowest BCUT2D eigenvalue weighted by atomic mass is 10.1. The predicted octanol–water partition coefficient (Wildman–Crippen LogP) is 1.22. The third-order valence-corrected chi connectivity index (χ3v) is 4.52. The van der Waals surface area contributed by atoms with Gasteiger partial charge in [0.2, 0.25) is 0 Å². The van der Waals surface area contributed by atoms with E-state index in [9.17, 15) is 0 Å². The van der Waals surface area contributed by atoms with Gasteiger partial charge in [0.1, 0.15) is 11.6 Å². The van der Waals surface area contributed by atoms with Gasteiger partial charge in [0, 0.05) is 25.6 Å². The van der Waals surface area contributed by atoms with Gasteiger partial charge in [-0.1, -0.05) is 0 Å². The first-order valence-electron chi connectivity index (χ1n) is 7.42. The molecule has 19 heavy (non-hydrogen) atoms. The van der Waals surface area contributed by atoms with E-state index in [1.54, 1.807) is 0 Å². The maximum absolute atomic E-state index is 4.40. The molecule has 2 aliphatic rings.